The first-order valence-corrected chi connectivity index (χ1v) is 5.72. The van der Waals surface area contributed by atoms with Crippen LogP contribution in [0.3, 0.4) is 0 Å². The summed E-state index contributed by atoms with van der Waals surface area (Å²) >= 11 is 1.57. The molecule has 0 spiro atoms. The van der Waals surface area contributed by atoms with Gasteiger partial charge in [-0.15, -0.1) is 16.4 Å². The fraction of sp³-hybridized carbons (Fsp3) is 0.300. The van der Waals surface area contributed by atoms with Gasteiger partial charge in [0.2, 0.25) is 4.80 Å². The molecule has 0 saturated heterocycles. The number of aromatic nitrogens is 3. The Balaban J connectivity index is 2.24. The van der Waals surface area contributed by atoms with Crippen LogP contribution in [0.1, 0.15) is 11.5 Å². The SMILES string of the molecule is Cc1cs/c(=N\N=C\c2nccn2C)n1C. The fourth-order valence-corrected chi connectivity index (χ4v) is 2.00. The minimum atomic E-state index is 0.791. The fourth-order valence-electron chi connectivity index (χ4n) is 1.17. The van der Waals surface area contributed by atoms with Crippen LogP contribution in [0.5, 0.6) is 0 Å². The van der Waals surface area contributed by atoms with Crippen LogP contribution in [-0.4, -0.2) is 20.3 Å². The van der Waals surface area contributed by atoms with E-state index in [1.165, 1.54) is 5.69 Å². The molecular weight excluding hydrogens is 222 g/mol. The Hall–Kier alpha value is -1.69. The molecule has 0 radical (unpaired) electrons. The zero-order valence-electron chi connectivity index (χ0n) is 9.45. The molecule has 0 bridgehead atoms. The van der Waals surface area contributed by atoms with Gasteiger partial charge in [0.05, 0.1) is 6.21 Å². The molecule has 0 saturated carbocycles. The maximum atomic E-state index is 4.14. The topological polar surface area (TPSA) is 47.5 Å². The van der Waals surface area contributed by atoms with Crippen molar-refractivity contribution in [3.63, 3.8) is 0 Å². The number of aryl methyl sites for hydroxylation is 2. The maximum absolute atomic E-state index is 4.14. The van der Waals surface area contributed by atoms with Gasteiger partial charge >= 0.3 is 0 Å². The first-order chi connectivity index (χ1) is 7.68. The van der Waals surface area contributed by atoms with Gasteiger partial charge in [0, 0.05) is 37.6 Å². The average Bonchev–Trinajstić information content (AvgIpc) is 2.80. The lowest BCUT2D eigenvalue weighted by molar-refractivity contribution is 0.820. The lowest BCUT2D eigenvalue weighted by Crippen LogP contribution is -2.10. The van der Waals surface area contributed by atoms with Crippen LogP contribution >= 0.6 is 11.3 Å². The molecule has 0 unspecified atom stereocenters. The van der Waals surface area contributed by atoms with E-state index in [1.807, 2.05) is 36.4 Å². The van der Waals surface area contributed by atoms with Gasteiger partial charge in [0.25, 0.3) is 0 Å². The predicted octanol–water partition coefficient (Wildman–Crippen LogP) is 1.06. The molecule has 2 rings (SSSR count). The van der Waals surface area contributed by atoms with Gasteiger partial charge < -0.3 is 9.13 Å². The van der Waals surface area contributed by atoms with Crippen molar-refractivity contribution in [1.82, 2.24) is 14.1 Å². The summed E-state index contributed by atoms with van der Waals surface area (Å²) in [5, 5.41) is 10.2. The van der Waals surface area contributed by atoms with Crippen molar-refractivity contribution in [2.45, 2.75) is 6.92 Å². The third-order valence-corrected chi connectivity index (χ3v) is 3.35. The van der Waals surface area contributed by atoms with Gasteiger partial charge in [0.1, 0.15) is 0 Å². The Morgan fingerprint density at radius 2 is 2.25 bits per heavy atom. The molecule has 6 heteroatoms. The molecule has 0 aliphatic heterocycles. The van der Waals surface area contributed by atoms with Crippen LogP contribution in [0.15, 0.2) is 28.0 Å². The lowest BCUT2D eigenvalue weighted by Gasteiger charge is -1.92. The second kappa shape index (κ2) is 4.44. The van der Waals surface area contributed by atoms with Gasteiger partial charge in [0.15, 0.2) is 5.82 Å². The lowest BCUT2D eigenvalue weighted by atomic mass is 10.6. The quantitative estimate of drug-likeness (QED) is 0.567. The molecule has 16 heavy (non-hydrogen) atoms. The number of imidazole rings is 1. The summed E-state index contributed by atoms with van der Waals surface area (Å²) in [7, 11) is 3.89. The van der Waals surface area contributed by atoms with E-state index in [4.69, 9.17) is 0 Å². The Labute approximate surface area is 97.4 Å². The summed E-state index contributed by atoms with van der Waals surface area (Å²) < 4.78 is 3.89. The smallest absolute Gasteiger partial charge is 0.210 e. The summed E-state index contributed by atoms with van der Waals surface area (Å²) in [5.41, 5.74) is 1.18. The highest BCUT2D eigenvalue weighted by atomic mass is 32.1. The van der Waals surface area contributed by atoms with E-state index in [0.29, 0.717) is 0 Å². The van der Waals surface area contributed by atoms with Crippen molar-refractivity contribution < 1.29 is 0 Å². The molecule has 0 N–H and O–H groups in total. The van der Waals surface area contributed by atoms with E-state index in [2.05, 4.69) is 20.6 Å². The number of thiazole rings is 1. The molecule has 84 valence electrons. The van der Waals surface area contributed by atoms with Crippen molar-refractivity contribution in [3.05, 3.63) is 34.1 Å². The summed E-state index contributed by atoms with van der Waals surface area (Å²) in [6.45, 7) is 2.04. The van der Waals surface area contributed by atoms with Crippen LogP contribution in [-0.2, 0) is 14.1 Å². The molecule has 2 aromatic rings. The number of hydrogen-bond donors (Lipinski definition) is 0. The summed E-state index contributed by atoms with van der Waals surface area (Å²) in [6.07, 6.45) is 5.25. The number of rotatable bonds is 2. The van der Waals surface area contributed by atoms with E-state index in [1.54, 1.807) is 23.7 Å². The molecule has 0 atom stereocenters. The highest BCUT2D eigenvalue weighted by Crippen LogP contribution is 1.96. The van der Waals surface area contributed by atoms with Crippen LogP contribution in [0.25, 0.3) is 0 Å². The Morgan fingerprint density at radius 1 is 1.44 bits per heavy atom. The van der Waals surface area contributed by atoms with E-state index in [0.717, 1.165) is 10.6 Å². The van der Waals surface area contributed by atoms with E-state index < -0.39 is 0 Å². The highest BCUT2D eigenvalue weighted by Gasteiger charge is 1.94. The van der Waals surface area contributed by atoms with Crippen LogP contribution < -0.4 is 4.80 Å². The molecule has 5 nitrogen and oxygen atoms in total. The minimum Gasteiger partial charge on any atom is -0.333 e. The second-order valence-electron chi connectivity index (χ2n) is 3.46. The summed E-state index contributed by atoms with van der Waals surface area (Å²) in [6, 6.07) is 0. The average molecular weight is 235 g/mol. The number of nitrogens with zero attached hydrogens (tertiary/aromatic N) is 5. The third-order valence-electron chi connectivity index (χ3n) is 2.33. The molecule has 0 fully saturated rings. The van der Waals surface area contributed by atoms with Gasteiger partial charge in [-0.25, -0.2) is 4.98 Å². The standard InChI is InChI=1S/C10H13N5S/c1-8-7-16-10(15(8)3)13-12-6-9-11-4-5-14(9)2/h4-7H,1-3H3/b12-6+,13-10-. The third kappa shape index (κ3) is 2.11. The van der Waals surface area contributed by atoms with Gasteiger partial charge in [-0.05, 0) is 6.92 Å². The van der Waals surface area contributed by atoms with Crippen LogP contribution in [0, 0.1) is 6.92 Å². The zero-order valence-corrected chi connectivity index (χ0v) is 10.3. The van der Waals surface area contributed by atoms with Crippen molar-refractivity contribution in [1.29, 1.82) is 0 Å². The minimum absolute atomic E-state index is 0.791. The first kappa shape index (κ1) is 10.8. The molecule has 0 aliphatic rings. The largest absolute Gasteiger partial charge is 0.333 e. The normalized spacial score (nSPS) is 12.8. The Morgan fingerprint density at radius 3 is 2.81 bits per heavy atom. The molecular formula is C10H13N5S. The molecule has 0 aliphatic carbocycles. The molecule has 2 heterocycles. The van der Waals surface area contributed by atoms with Gasteiger partial charge in [-0.1, -0.05) is 0 Å². The predicted molar refractivity (Wildman–Crippen MR) is 64.4 cm³/mol. The van der Waals surface area contributed by atoms with E-state index >= 15 is 0 Å². The van der Waals surface area contributed by atoms with Gasteiger partial charge in [-0.2, -0.15) is 5.10 Å². The van der Waals surface area contributed by atoms with Crippen molar-refractivity contribution in [3.8, 4) is 0 Å². The number of hydrogen-bond acceptors (Lipinski definition) is 4. The summed E-state index contributed by atoms with van der Waals surface area (Å²) in [5.74, 6) is 0.791. The summed E-state index contributed by atoms with van der Waals surface area (Å²) in [4.78, 5) is 5.00. The van der Waals surface area contributed by atoms with Gasteiger partial charge in [-0.3, -0.25) is 0 Å². The van der Waals surface area contributed by atoms with E-state index in [9.17, 15) is 0 Å². The molecule has 0 amide bonds. The first-order valence-electron chi connectivity index (χ1n) is 4.84. The van der Waals surface area contributed by atoms with Crippen molar-refractivity contribution >= 4 is 17.6 Å². The van der Waals surface area contributed by atoms with Crippen molar-refractivity contribution in [2.75, 3.05) is 0 Å². The maximum Gasteiger partial charge on any atom is 0.210 e. The molecule has 0 aromatic carbocycles. The van der Waals surface area contributed by atoms with Crippen LogP contribution in [0.2, 0.25) is 0 Å². The highest BCUT2D eigenvalue weighted by molar-refractivity contribution is 7.07. The van der Waals surface area contributed by atoms with Crippen LogP contribution in [0.4, 0.5) is 0 Å². The second-order valence-corrected chi connectivity index (χ2v) is 4.30. The Kier molecular flexibility index (Phi) is 3.00. The van der Waals surface area contributed by atoms with E-state index in [-0.39, 0.29) is 0 Å². The monoisotopic (exact) mass is 235 g/mol. The zero-order chi connectivity index (χ0) is 11.5. The van der Waals surface area contributed by atoms with Crippen molar-refractivity contribution in [2.24, 2.45) is 24.3 Å². The molecule has 2 aromatic heterocycles. The Bertz CT molecular complexity index is 572.